The minimum atomic E-state index is -0.0781. The first kappa shape index (κ1) is 19.6. The number of aromatic nitrogens is 2. The molecule has 2 fully saturated rings. The molecule has 154 valence electrons. The molecule has 1 aromatic carbocycles. The number of nitrogens with one attached hydrogen (secondary N) is 2. The van der Waals surface area contributed by atoms with E-state index in [0.29, 0.717) is 24.6 Å². The number of benzene rings is 1. The lowest BCUT2D eigenvalue weighted by molar-refractivity contribution is -0.134. The largest absolute Gasteiger partial charge is 0.375 e. The summed E-state index contributed by atoms with van der Waals surface area (Å²) in [6.45, 7) is 2.13. The lowest BCUT2D eigenvalue weighted by atomic mass is 10.1. The van der Waals surface area contributed by atoms with Crippen LogP contribution in [-0.4, -0.2) is 83.8 Å². The maximum atomic E-state index is 12.7. The molecule has 1 aromatic heterocycles. The molecule has 0 aliphatic carbocycles. The number of hydrogen-bond donors (Lipinski definition) is 2. The number of ether oxygens (including phenoxy) is 1. The van der Waals surface area contributed by atoms with Gasteiger partial charge in [-0.25, -0.2) is 0 Å². The number of fused-ring (bicyclic) bond motifs is 1. The molecule has 2 aromatic rings. The summed E-state index contributed by atoms with van der Waals surface area (Å²) in [5, 5.41) is 10.0. The van der Waals surface area contributed by atoms with Gasteiger partial charge in [0.05, 0.1) is 24.8 Å². The summed E-state index contributed by atoms with van der Waals surface area (Å²) in [4.78, 5) is 28.5. The fraction of sp³-hybridized carbons (Fsp3) is 0.476. The molecule has 4 rings (SSSR count). The summed E-state index contributed by atoms with van der Waals surface area (Å²) in [5.41, 5.74) is 2.56. The van der Waals surface area contributed by atoms with Gasteiger partial charge in [-0.3, -0.25) is 19.6 Å². The Balaban J connectivity index is 1.31. The maximum Gasteiger partial charge on any atom is 0.251 e. The Morgan fingerprint density at radius 3 is 2.72 bits per heavy atom. The van der Waals surface area contributed by atoms with Crippen molar-refractivity contribution in [3.63, 3.8) is 0 Å². The SMILES string of the molecule is CN(C)C(=O)C[C@H]1CN2C[C@@H](NC(=O)c3ccc(-c4ccn[nH]4)cc3)C[C@H]2CO1. The fourth-order valence-electron chi connectivity index (χ4n) is 4.03. The van der Waals surface area contributed by atoms with Crippen LogP contribution >= 0.6 is 0 Å². The number of H-pyrrole nitrogens is 1. The lowest BCUT2D eigenvalue weighted by Crippen LogP contribution is -2.47. The van der Waals surface area contributed by atoms with Crippen molar-refractivity contribution in [2.75, 3.05) is 33.8 Å². The summed E-state index contributed by atoms with van der Waals surface area (Å²) in [5.74, 6) is 0.0161. The Hall–Kier alpha value is -2.71. The molecule has 2 aliphatic rings. The van der Waals surface area contributed by atoms with E-state index >= 15 is 0 Å². The summed E-state index contributed by atoms with van der Waals surface area (Å²) in [6, 6.07) is 9.78. The highest BCUT2D eigenvalue weighted by Gasteiger charge is 2.38. The maximum absolute atomic E-state index is 12.7. The van der Waals surface area contributed by atoms with E-state index in [1.165, 1.54) is 0 Å². The molecule has 2 amide bonds. The Morgan fingerprint density at radius 1 is 1.24 bits per heavy atom. The van der Waals surface area contributed by atoms with Gasteiger partial charge in [0.1, 0.15) is 0 Å². The molecule has 8 heteroatoms. The van der Waals surface area contributed by atoms with Gasteiger partial charge >= 0.3 is 0 Å². The highest BCUT2D eigenvalue weighted by Crippen LogP contribution is 2.25. The molecule has 0 saturated carbocycles. The van der Waals surface area contributed by atoms with Gasteiger partial charge in [0.2, 0.25) is 5.91 Å². The molecule has 0 bridgehead atoms. The first-order valence-electron chi connectivity index (χ1n) is 9.96. The number of aromatic amines is 1. The van der Waals surface area contributed by atoms with Crippen molar-refractivity contribution in [3.05, 3.63) is 42.1 Å². The first-order valence-corrected chi connectivity index (χ1v) is 9.96. The molecule has 0 spiro atoms. The van der Waals surface area contributed by atoms with E-state index in [2.05, 4.69) is 20.4 Å². The van der Waals surface area contributed by atoms with Crippen LogP contribution in [-0.2, 0) is 9.53 Å². The smallest absolute Gasteiger partial charge is 0.251 e. The van der Waals surface area contributed by atoms with Crippen molar-refractivity contribution in [2.24, 2.45) is 0 Å². The predicted molar refractivity (Wildman–Crippen MR) is 108 cm³/mol. The minimum Gasteiger partial charge on any atom is -0.375 e. The van der Waals surface area contributed by atoms with Crippen LogP contribution in [0.4, 0.5) is 0 Å². The minimum absolute atomic E-state index is 0.0636. The highest BCUT2D eigenvalue weighted by atomic mass is 16.5. The Labute approximate surface area is 170 Å². The molecule has 2 aliphatic heterocycles. The van der Waals surface area contributed by atoms with Crippen molar-refractivity contribution < 1.29 is 14.3 Å². The van der Waals surface area contributed by atoms with Gasteiger partial charge in [-0.15, -0.1) is 0 Å². The summed E-state index contributed by atoms with van der Waals surface area (Å²) in [7, 11) is 3.52. The molecule has 3 heterocycles. The number of morpholine rings is 1. The topological polar surface area (TPSA) is 90.6 Å². The normalized spacial score (nSPS) is 24.1. The van der Waals surface area contributed by atoms with Gasteiger partial charge in [0.25, 0.3) is 5.91 Å². The fourth-order valence-corrected chi connectivity index (χ4v) is 4.03. The van der Waals surface area contributed by atoms with Gasteiger partial charge in [0.15, 0.2) is 0 Å². The van der Waals surface area contributed by atoms with Crippen LogP contribution in [0, 0.1) is 0 Å². The van der Waals surface area contributed by atoms with E-state index in [1.54, 1.807) is 25.2 Å². The summed E-state index contributed by atoms with van der Waals surface area (Å²) in [6.07, 6.45) is 2.89. The monoisotopic (exact) mass is 397 g/mol. The average Bonchev–Trinajstić information content (AvgIpc) is 3.37. The number of carbonyl (C=O) groups is 2. The van der Waals surface area contributed by atoms with E-state index in [0.717, 1.165) is 30.8 Å². The third-order valence-electron chi connectivity index (χ3n) is 5.69. The standard InChI is InChI=1S/C21H27N5O3/c1-25(2)20(27)10-18-12-26-11-16(9-17(26)13-29-18)23-21(28)15-5-3-14(4-6-15)19-7-8-22-24-19/h3-8,16-18H,9-13H2,1-2H3,(H,22,24)(H,23,28)/t16-,17-,18-/m0/s1. The zero-order valence-electron chi connectivity index (χ0n) is 16.8. The highest BCUT2D eigenvalue weighted by molar-refractivity contribution is 5.94. The second-order valence-corrected chi connectivity index (χ2v) is 8.01. The molecular weight excluding hydrogens is 370 g/mol. The predicted octanol–water partition coefficient (Wildman–Crippen LogP) is 1.13. The molecule has 29 heavy (non-hydrogen) atoms. The van der Waals surface area contributed by atoms with Crippen LogP contribution in [0.2, 0.25) is 0 Å². The van der Waals surface area contributed by atoms with E-state index in [9.17, 15) is 9.59 Å². The van der Waals surface area contributed by atoms with E-state index in [1.807, 2.05) is 30.3 Å². The van der Waals surface area contributed by atoms with Crippen LogP contribution in [0.3, 0.4) is 0 Å². The van der Waals surface area contributed by atoms with Crippen molar-refractivity contribution in [3.8, 4) is 11.3 Å². The second-order valence-electron chi connectivity index (χ2n) is 8.01. The molecule has 0 radical (unpaired) electrons. The number of carbonyl (C=O) groups excluding carboxylic acids is 2. The average molecular weight is 397 g/mol. The van der Waals surface area contributed by atoms with Crippen molar-refractivity contribution >= 4 is 11.8 Å². The Kier molecular flexibility index (Phi) is 5.64. The van der Waals surface area contributed by atoms with Crippen LogP contribution in [0.15, 0.2) is 36.5 Å². The van der Waals surface area contributed by atoms with Crippen LogP contribution in [0.1, 0.15) is 23.2 Å². The summed E-state index contributed by atoms with van der Waals surface area (Å²) >= 11 is 0. The number of nitrogens with zero attached hydrogens (tertiary/aromatic N) is 3. The van der Waals surface area contributed by atoms with Crippen molar-refractivity contribution in [1.82, 2.24) is 25.3 Å². The molecule has 2 N–H and O–H groups in total. The number of rotatable bonds is 5. The summed E-state index contributed by atoms with van der Waals surface area (Å²) < 4.78 is 5.89. The Bertz CT molecular complexity index is 850. The molecule has 3 atom stereocenters. The zero-order valence-corrected chi connectivity index (χ0v) is 16.8. The van der Waals surface area contributed by atoms with Gasteiger partial charge in [-0.1, -0.05) is 12.1 Å². The van der Waals surface area contributed by atoms with Gasteiger partial charge < -0.3 is 15.0 Å². The zero-order chi connectivity index (χ0) is 20.4. The molecule has 0 unspecified atom stereocenters. The van der Waals surface area contributed by atoms with Crippen LogP contribution < -0.4 is 5.32 Å². The Morgan fingerprint density at radius 2 is 2.03 bits per heavy atom. The van der Waals surface area contributed by atoms with Gasteiger partial charge in [-0.05, 0) is 30.2 Å². The van der Waals surface area contributed by atoms with E-state index in [4.69, 9.17) is 4.74 Å². The molecule has 8 nitrogen and oxygen atoms in total. The molecule has 2 saturated heterocycles. The second kappa shape index (κ2) is 8.34. The van der Waals surface area contributed by atoms with E-state index < -0.39 is 0 Å². The quantitative estimate of drug-likeness (QED) is 0.789. The van der Waals surface area contributed by atoms with Gasteiger partial charge in [-0.2, -0.15) is 5.10 Å². The third-order valence-corrected chi connectivity index (χ3v) is 5.69. The molecular formula is C21H27N5O3. The number of hydrogen-bond acceptors (Lipinski definition) is 5. The van der Waals surface area contributed by atoms with E-state index in [-0.39, 0.29) is 24.0 Å². The van der Waals surface area contributed by atoms with Crippen LogP contribution in [0.5, 0.6) is 0 Å². The first-order chi connectivity index (χ1) is 14.0. The number of amides is 2. The third kappa shape index (κ3) is 4.49. The lowest BCUT2D eigenvalue weighted by Gasteiger charge is -2.35. The van der Waals surface area contributed by atoms with Gasteiger partial charge in [0, 0.05) is 51.0 Å². The van der Waals surface area contributed by atoms with Crippen molar-refractivity contribution in [1.29, 1.82) is 0 Å². The van der Waals surface area contributed by atoms with Crippen molar-refractivity contribution in [2.45, 2.75) is 31.0 Å². The van der Waals surface area contributed by atoms with Crippen LogP contribution in [0.25, 0.3) is 11.3 Å².